The van der Waals surface area contributed by atoms with E-state index in [1.165, 1.54) is 25.1 Å². The van der Waals surface area contributed by atoms with Gasteiger partial charge in [-0.2, -0.15) is 4.98 Å². The molecule has 0 aliphatic rings. The fraction of sp³-hybridized carbons (Fsp3) is 0.211. The highest BCUT2D eigenvalue weighted by Crippen LogP contribution is 2.31. The van der Waals surface area contributed by atoms with Gasteiger partial charge in [0.25, 0.3) is 6.43 Å². The summed E-state index contributed by atoms with van der Waals surface area (Å²) in [6.07, 6.45) is -2.79. The second kappa shape index (κ2) is 7.41. The number of nitrogens with one attached hydrogen (secondary N) is 2. The van der Waals surface area contributed by atoms with Crippen LogP contribution in [0.4, 0.5) is 29.1 Å². The van der Waals surface area contributed by atoms with Crippen LogP contribution in [0.2, 0.25) is 0 Å². The second-order valence-corrected chi connectivity index (χ2v) is 6.33. The van der Waals surface area contributed by atoms with E-state index in [4.69, 9.17) is 10.8 Å². The van der Waals surface area contributed by atoms with Gasteiger partial charge in [-0.3, -0.25) is 15.4 Å². The monoisotopic (exact) mass is 391 g/mol. The van der Waals surface area contributed by atoms with Gasteiger partial charge in [0, 0.05) is 11.1 Å². The van der Waals surface area contributed by atoms with Crippen molar-refractivity contribution < 1.29 is 17.6 Å². The highest BCUT2D eigenvalue weighted by Gasteiger charge is 2.22. The number of nitrogens with zero attached hydrogens (tertiary/aromatic N) is 3. The van der Waals surface area contributed by atoms with Crippen molar-refractivity contribution in [2.45, 2.75) is 20.3 Å². The van der Waals surface area contributed by atoms with Gasteiger partial charge >= 0.3 is 0 Å². The molecule has 0 saturated heterocycles. The minimum Gasteiger partial charge on any atom is -0.320 e. The molecule has 0 unspecified atom stereocenters. The zero-order valence-electron chi connectivity index (χ0n) is 15.1. The summed E-state index contributed by atoms with van der Waals surface area (Å²) in [5.74, 6) is -1.39. The van der Waals surface area contributed by atoms with E-state index < -0.39 is 24.6 Å². The summed E-state index contributed by atoms with van der Waals surface area (Å²) in [5, 5.41) is 16.1. The number of rotatable bonds is 4. The number of aryl methyl sites for hydroxylation is 1. The van der Waals surface area contributed by atoms with Gasteiger partial charge in [-0.25, -0.2) is 17.6 Å². The van der Waals surface area contributed by atoms with Gasteiger partial charge in [0.2, 0.25) is 5.62 Å². The van der Waals surface area contributed by atoms with E-state index in [1.54, 1.807) is 6.92 Å². The molecule has 3 rings (SSSR count). The lowest BCUT2D eigenvalue weighted by atomic mass is 10.1. The first-order chi connectivity index (χ1) is 13.2. The Bertz CT molecular complexity index is 1100. The first-order valence-corrected chi connectivity index (χ1v) is 8.32. The molecule has 0 spiro atoms. The third-order valence-corrected chi connectivity index (χ3v) is 4.11. The van der Waals surface area contributed by atoms with E-state index in [1.807, 2.05) is 0 Å². The number of benzene rings is 2. The van der Waals surface area contributed by atoms with Crippen LogP contribution < -0.4 is 10.5 Å². The summed E-state index contributed by atoms with van der Waals surface area (Å²) in [6, 6.07) is 7.43. The number of anilines is 2. The van der Waals surface area contributed by atoms with Crippen LogP contribution in [0.3, 0.4) is 0 Å². The minimum atomic E-state index is -2.79. The quantitative estimate of drug-likeness (QED) is 0.394. The van der Waals surface area contributed by atoms with Gasteiger partial charge in [-0.1, -0.05) is 0 Å². The van der Waals surface area contributed by atoms with Crippen molar-refractivity contribution in [3.8, 4) is 0 Å². The lowest BCUT2D eigenvalue weighted by Gasteiger charge is -2.26. The predicted molar refractivity (Wildman–Crippen MR) is 98.5 cm³/mol. The lowest BCUT2D eigenvalue weighted by Crippen LogP contribution is -2.32. The lowest BCUT2D eigenvalue weighted by molar-refractivity contribution is 0.157. The van der Waals surface area contributed by atoms with Gasteiger partial charge in [-0.05, 0) is 55.8 Å². The summed E-state index contributed by atoms with van der Waals surface area (Å²) in [4.78, 5) is 5.10. The molecule has 5 nitrogen and oxygen atoms in total. The maximum absolute atomic E-state index is 13.9. The molecule has 0 radical (unpaired) electrons. The molecule has 1 aromatic heterocycles. The van der Waals surface area contributed by atoms with Gasteiger partial charge in [0.1, 0.15) is 23.3 Å². The third-order valence-electron chi connectivity index (χ3n) is 4.11. The van der Waals surface area contributed by atoms with E-state index in [0.717, 1.165) is 27.7 Å². The smallest absolute Gasteiger partial charge is 0.256 e. The zero-order chi connectivity index (χ0) is 20.6. The van der Waals surface area contributed by atoms with Crippen molar-refractivity contribution in [2.24, 2.45) is 0 Å². The Hall–Kier alpha value is -3.23. The topological polar surface area (TPSA) is 68.8 Å². The molecular weight excluding hydrogens is 374 g/mol. The van der Waals surface area contributed by atoms with Gasteiger partial charge in [0.15, 0.2) is 0 Å². The Morgan fingerprint density at radius 3 is 2.46 bits per heavy atom. The number of halogens is 4. The average molecular weight is 391 g/mol. The van der Waals surface area contributed by atoms with Crippen molar-refractivity contribution in [2.75, 3.05) is 11.4 Å². The first-order valence-electron chi connectivity index (χ1n) is 8.32. The normalized spacial score (nSPS) is 11.2. The number of hydrogen-bond donors (Lipinski definition) is 2. The highest BCUT2D eigenvalue weighted by atomic mass is 19.3. The Morgan fingerprint density at radius 1 is 1.14 bits per heavy atom. The largest absolute Gasteiger partial charge is 0.320 e. The van der Waals surface area contributed by atoms with E-state index in [0.29, 0.717) is 5.56 Å². The van der Waals surface area contributed by atoms with Gasteiger partial charge in [0.05, 0.1) is 12.1 Å². The van der Waals surface area contributed by atoms with Crippen molar-refractivity contribution >= 4 is 28.2 Å². The highest BCUT2D eigenvalue weighted by molar-refractivity contribution is 5.97. The molecule has 0 fully saturated rings. The second-order valence-electron chi connectivity index (χ2n) is 6.33. The summed E-state index contributed by atoms with van der Waals surface area (Å²) in [7, 11) is 0. The molecular formula is C19H17F4N5. The van der Waals surface area contributed by atoms with Crippen LogP contribution in [0.25, 0.3) is 10.9 Å². The third kappa shape index (κ3) is 3.73. The van der Waals surface area contributed by atoms with E-state index in [-0.39, 0.29) is 33.9 Å². The van der Waals surface area contributed by atoms with E-state index in [2.05, 4.69) is 4.98 Å². The van der Waals surface area contributed by atoms with Crippen LogP contribution in [-0.2, 0) is 0 Å². The maximum atomic E-state index is 13.9. The summed E-state index contributed by atoms with van der Waals surface area (Å²) in [6.45, 7) is 2.22. The first kappa shape index (κ1) is 19.5. The summed E-state index contributed by atoms with van der Waals surface area (Å²) in [5.41, 5.74) is 0.502. The predicted octanol–water partition coefficient (Wildman–Crippen LogP) is 4.35. The SMILES string of the molecule is CC(=N)n1c(=N)nc(N(CC(F)F)c2cc(C)cc(F)c2)c2cc(F)ccc21. The van der Waals surface area contributed by atoms with Crippen LogP contribution in [-0.4, -0.2) is 28.4 Å². The molecule has 28 heavy (non-hydrogen) atoms. The summed E-state index contributed by atoms with van der Waals surface area (Å²) >= 11 is 0. The average Bonchev–Trinajstić information content (AvgIpc) is 2.58. The van der Waals surface area contributed by atoms with E-state index >= 15 is 0 Å². The molecule has 0 aliphatic carbocycles. The van der Waals surface area contributed by atoms with Crippen LogP contribution in [0.5, 0.6) is 0 Å². The van der Waals surface area contributed by atoms with Crippen molar-refractivity contribution in [1.29, 1.82) is 10.8 Å². The Labute approximate surface area is 157 Å². The zero-order valence-corrected chi connectivity index (χ0v) is 15.1. The molecule has 146 valence electrons. The fourth-order valence-electron chi connectivity index (χ4n) is 3.08. The van der Waals surface area contributed by atoms with Crippen molar-refractivity contribution in [1.82, 2.24) is 9.55 Å². The molecule has 3 aromatic rings. The molecule has 0 aliphatic heterocycles. The number of aromatic nitrogens is 2. The molecule has 2 aromatic carbocycles. The van der Waals surface area contributed by atoms with Crippen LogP contribution >= 0.6 is 0 Å². The maximum Gasteiger partial charge on any atom is 0.256 e. The number of alkyl halides is 2. The molecule has 2 N–H and O–H groups in total. The number of hydrogen-bond acceptors (Lipinski definition) is 4. The molecule has 0 amide bonds. The van der Waals surface area contributed by atoms with Crippen LogP contribution in [0, 0.1) is 29.4 Å². The van der Waals surface area contributed by atoms with Gasteiger partial charge < -0.3 is 4.90 Å². The van der Waals surface area contributed by atoms with E-state index in [9.17, 15) is 17.6 Å². The van der Waals surface area contributed by atoms with Gasteiger partial charge in [-0.15, -0.1) is 0 Å². The standard InChI is InChI=1S/C19H17F4N5/c1-10-5-13(21)7-14(6-10)27(9-17(22)23)18-15-8-12(20)3-4-16(15)28(11(2)24)19(25)26-18/h3-8,17,24-25H,9H2,1-2H3. The minimum absolute atomic E-state index is 0.0392. The molecule has 9 heteroatoms. The molecule has 0 saturated carbocycles. The number of fused-ring (bicyclic) bond motifs is 1. The molecule has 0 atom stereocenters. The van der Waals surface area contributed by atoms with Crippen LogP contribution in [0.15, 0.2) is 36.4 Å². The Morgan fingerprint density at radius 2 is 1.86 bits per heavy atom. The molecule has 1 heterocycles. The Kier molecular flexibility index (Phi) is 5.17. The van der Waals surface area contributed by atoms with Crippen molar-refractivity contribution in [3.05, 3.63) is 59.2 Å². The fourth-order valence-corrected chi connectivity index (χ4v) is 3.08. The van der Waals surface area contributed by atoms with Crippen molar-refractivity contribution in [3.63, 3.8) is 0 Å². The Balaban J connectivity index is 2.37. The summed E-state index contributed by atoms with van der Waals surface area (Å²) < 4.78 is 55.7. The molecule has 0 bridgehead atoms. The van der Waals surface area contributed by atoms with Crippen LogP contribution in [0.1, 0.15) is 12.5 Å².